The van der Waals surface area contributed by atoms with E-state index in [0.717, 1.165) is 44.9 Å². The van der Waals surface area contributed by atoms with Crippen LogP contribution in [0.4, 0.5) is 0 Å². The summed E-state index contributed by atoms with van der Waals surface area (Å²) >= 11 is 0. The lowest BCUT2D eigenvalue weighted by Crippen LogP contribution is -2.45. The third-order valence-electron chi connectivity index (χ3n) is 14.2. The first-order valence-electron chi connectivity index (χ1n) is 30.6. The molecule has 0 saturated carbocycles. The molecule has 0 aliphatic heterocycles. The van der Waals surface area contributed by atoms with Gasteiger partial charge in [0.2, 0.25) is 5.91 Å². The van der Waals surface area contributed by atoms with Gasteiger partial charge in [-0.25, -0.2) is 0 Å². The number of nitrogens with one attached hydrogen (secondary N) is 1. The number of carbonyl (C=O) groups excluding carboxylic acids is 2. The molecule has 6 heteroatoms. The van der Waals surface area contributed by atoms with Crippen molar-refractivity contribution >= 4 is 11.9 Å². The number of esters is 1. The minimum atomic E-state index is -0.849. The van der Waals surface area contributed by atoms with Crippen molar-refractivity contribution in [2.24, 2.45) is 0 Å². The predicted molar refractivity (Wildman–Crippen MR) is 296 cm³/mol. The van der Waals surface area contributed by atoms with Crippen LogP contribution >= 0.6 is 0 Å². The van der Waals surface area contributed by atoms with Gasteiger partial charge in [-0.05, 0) is 57.8 Å². The maximum Gasteiger partial charge on any atom is 0.305 e. The molecule has 0 spiro atoms. The summed E-state index contributed by atoms with van der Waals surface area (Å²) in [6.07, 6.45) is 70.7. The number of hydrogen-bond acceptors (Lipinski definition) is 5. The molecular weight excluding hydrogens is 839 g/mol. The summed E-state index contributed by atoms with van der Waals surface area (Å²) in [5.41, 5.74) is 0. The van der Waals surface area contributed by atoms with E-state index in [0.29, 0.717) is 19.4 Å². The third-order valence-corrected chi connectivity index (χ3v) is 14.2. The lowest BCUT2D eigenvalue weighted by Gasteiger charge is -2.20. The summed E-state index contributed by atoms with van der Waals surface area (Å²) in [6.45, 7) is 4.92. The highest BCUT2D eigenvalue weighted by molar-refractivity contribution is 5.76. The van der Waals surface area contributed by atoms with Gasteiger partial charge in [-0.15, -0.1) is 0 Å². The van der Waals surface area contributed by atoms with Gasteiger partial charge < -0.3 is 20.3 Å². The molecule has 0 aromatic rings. The molecule has 3 N–H and O–H groups in total. The van der Waals surface area contributed by atoms with Crippen molar-refractivity contribution in [2.75, 3.05) is 13.2 Å². The average Bonchev–Trinajstić information content (AvgIpc) is 3.34. The van der Waals surface area contributed by atoms with Crippen LogP contribution in [0.25, 0.3) is 0 Å². The first-order valence-corrected chi connectivity index (χ1v) is 30.6. The van der Waals surface area contributed by atoms with Gasteiger partial charge in [0.05, 0.1) is 25.4 Å². The molecule has 0 saturated heterocycles. The molecule has 0 fully saturated rings. The summed E-state index contributed by atoms with van der Waals surface area (Å²) in [6, 6.07) is -0.633. The highest BCUT2D eigenvalue weighted by Gasteiger charge is 2.18. The summed E-state index contributed by atoms with van der Waals surface area (Å²) < 4.78 is 5.49. The largest absolute Gasteiger partial charge is 0.466 e. The fraction of sp³-hybridized carbons (Fsp3) is 0.903. The number of allylic oxidation sites excluding steroid dienone is 3. The molecular formula is C62H119NO5. The minimum Gasteiger partial charge on any atom is -0.466 e. The number of carbonyl (C=O) groups is 2. The van der Waals surface area contributed by atoms with Crippen molar-refractivity contribution in [1.82, 2.24) is 5.32 Å². The Kier molecular flexibility index (Phi) is 56.5. The molecule has 0 aromatic carbocycles. The van der Waals surface area contributed by atoms with Crippen LogP contribution in [-0.2, 0) is 14.3 Å². The number of hydrogen-bond donors (Lipinski definition) is 3. The monoisotopic (exact) mass is 958 g/mol. The second-order valence-electron chi connectivity index (χ2n) is 21.0. The molecule has 0 heterocycles. The Labute approximate surface area is 424 Å². The Morgan fingerprint density at radius 1 is 0.397 bits per heavy atom. The standard InChI is InChI=1S/C62H119NO5/c1-3-5-7-9-11-13-15-17-26-30-34-38-42-46-50-54-60(65)59(58-64)63-61(66)55-51-47-43-39-35-31-28-24-22-20-19-21-23-25-29-33-37-41-45-49-53-57-68-62(67)56-52-48-44-40-36-32-27-18-16-14-12-10-8-6-4-2/h20,22,50,54,59-60,64-65H,3-19,21,23-49,51-53,55-58H2,1-2H3,(H,63,66)/b22-20-,54-50+. The summed E-state index contributed by atoms with van der Waals surface area (Å²) in [4.78, 5) is 24.5. The highest BCUT2D eigenvalue weighted by atomic mass is 16.5. The van der Waals surface area contributed by atoms with E-state index < -0.39 is 12.1 Å². The normalized spacial score (nSPS) is 12.7. The predicted octanol–water partition coefficient (Wildman–Crippen LogP) is 19.0. The van der Waals surface area contributed by atoms with E-state index in [1.807, 2.05) is 6.08 Å². The Morgan fingerprint density at radius 3 is 1.04 bits per heavy atom. The summed E-state index contributed by atoms with van der Waals surface area (Å²) in [7, 11) is 0. The maximum atomic E-state index is 12.5. The van der Waals surface area contributed by atoms with Crippen LogP contribution in [0.2, 0.25) is 0 Å². The SMILES string of the molecule is CCCCCCCCCCCCCCC/C=C/C(O)C(CO)NC(=O)CCCCCCCCC/C=C\CCCCCCCCCCCCOC(=O)CCCCCCCCCCCCCCCCC. The van der Waals surface area contributed by atoms with Crippen LogP contribution < -0.4 is 5.32 Å². The van der Waals surface area contributed by atoms with Crippen molar-refractivity contribution < 1.29 is 24.5 Å². The van der Waals surface area contributed by atoms with Crippen LogP contribution in [0.3, 0.4) is 0 Å². The lowest BCUT2D eigenvalue weighted by atomic mass is 10.0. The van der Waals surface area contributed by atoms with Crippen molar-refractivity contribution in [2.45, 2.75) is 347 Å². The molecule has 402 valence electrons. The molecule has 0 aliphatic rings. The van der Waals surface area contributed by atoms with Gasteiger partial charge in [-0.3, -0.25) is 9.59 Å². The first kappa shape index (κ1) is 66.3. The van der Waals surface area contributed by atoms with Crippen LogP contribution in [0, 0.1) is 0 Å². The van der Waals surface area contributed by atoms with Gasteiger partial charge in [0.1, 0.15) is 0 Å². The molecule has 0 bridgehead atoms. The molecule has 2 unspecified atom stereocenters. The molecule has 0 aromatic heterocycles. The number of unbranched alkanes of at least 4 members (excludes halogenated alkanes) is 44. The zero-order valence-corrected chi connectivity index (χ0v) is 45.9. The van der Waals surface area contributed by atoms with Crippen LogP contribution in [-0.4, -0.2) is 47.4 Å². The lowest BCUT2D eigenvalue weighted by molar-refractivity contribution is -0.143. The summed E-state index contributed by atoms with van der Waals surface area (Å²) in [5.74, 6) is -0.0635. The molecule has 68 heavy (non-hydrogen) atoms. The van der Waals surface area contributed by atoms with E-state index in [1.165, 1.54) is 263 Å². The molecule has 0 radical (unpaired) electrons. The number of rotatable bonds is 57. The van der Waals surface area contributed by atoms with Crippen molar-refractivity contribution in [3.63, 3.8) is 0 Å². The van der Waals surface area contributed by atoms with E-state index in [2.05, 4.69) is 31.3 Å². The van der Waals surface area contributed by atoms with Gasteiger partial charge >= 0.3 is 5.97 Å². The van der Waals surface area contributed by atoms with E-state index in [1.54, 1.807) is 6.08 Å². The molecule has 2 atom stereocenters. The van der Waals surface area contributed by atoms with Crippen molar-refractivity contribution in [3.8, 4) is 0 Å². The number of aliphatic hydroxyl groups is 2. The Balaban J connectivity index is 3.43. The van der Waals surface area contributed by atoms with Crippen LogP contribution in [0.15, 0.2) is 24.3 Å². The zero-order valence-electron chi connectivity index (χ0n) is 45.9. The van der Waals surface area contributed by atoms with E-state index in [4.69, 9.17) is 4.74 Å². The van der Waals surface area contributed by atoms with Gasteiger partial charge in [0.15, 0.2) is 0 Å². The van der Waals surface area contributed by atoms with E-state index >= 15 is 0 Å². The topological polar surface area (TPSA) is 95.9 Å². The quantitative estimate of drug-likeness (QED) is 0.0321. The molecule has 0 rings (SSSR count). The van der Waals surface area contributed by atoms with Crippen molar-refractivity contribution in [1.29, 1.82) is 0 Å². The van der Waals surface area contributed by atoms with Crippen molar-refractivity contribution in [3.05, 3.63) is 24.3 Å². The highest BCUT2D eigenvalue weighted by Crippen LogP contribution is 2.17. The number of aliphatic hydroxyl groups excluding tert-OH is 2. The van der Waals surface area contributed by atoms with Crippen LogP contribution in [0.1, 0.15) is 335 Å². The maximum absolute atomic E-state index is 12.5. The molecule has 6 nitrogen and oxygen atoms in total. The van der Waals surface area contributed by atoms with Gasteiger partial charge in [0.25, 0.3) is 0 Å². The molecule has 1 amide bonds. The summed E-state index contributed by atoms with van der Waals surface area (Å²) in [5, 5.41) is 23.1. The Morgan fingerprint density at radius 2 is 0.691 bits per heavy atom. The zero-order chi connectivity index (χ0) is 49.3. The van der Waals surface area contributed by atoms with Gasteiger partial charge in [-0.1, -0.05) is 289 Å². The van der Waals surface area contributed by atoms with Gasteiger partial charge in [0, 0.05) is 12.8 Å². The Hall–Kier alpha value is -1.66. The van der Waals surface area contributed by atoms with Gasteiger partial charge in [-0.2, -0.15) is 0 Å². The smallest absolute Gasteiger partial charge is 0.305 e. The van der Waals surface area contributed by atoms with E-state index in [9.17, 15) is 19.8 Å². The molecule has 0 aliphatic carbocycles. The third kappa shape index (κ3) is 53.7. The second-order valence-corrected chi connectivity index (χ2v) is 21.0. The number of amides is 1. The second kappa shape index (κ2) is 57.9. The average molecular weight is 959 g/mol. The van der Waals surface area contributed by atoms with Crippen LogP contribution in [0.5, 0.6) is 0 Å². The fourth-order valence-corrected chi connectivity index (χ4v) is 9.51. The fourth-order valence-electron chi connectivity index (χ4n) is 9.51. The minimum absolute atomic E-state index is 0.0107. The Bertz CT molecular complexity index is 1060. The number of ether oxygens (including phenoxy) is 1. The van der Waals surface area contributed by atoms with E-state index in [-0.39, 0.29) is 18.5 Å². The first-order chi connectivity index (χ1) is 33.5.